The van der Waals surface area contributed by atoms with Crippen molar-refractivity contribution in [2.45, 2.75) is 51.6 Å². The standard InChI is InChI=1S/C25H30N2O5/c1-4-17(14-23(28)27(5-2)16(3)24(29)30)26-25(31)32-15-22-20-12-8-6-10-18(20)19-11-7-9-13-21(19)22/h6-13,16-17,22H,4-5,14-15H2,1-3H3,(H,26,31)(H,29,30)/t16?,17-/m1/s1. The first kappa shape index (κ1) is 23.3. The van der Waals surface area contributed by atoms with Crippen LogP contribution >= 0.6 is 0 Å². The number of alkyl carbamates (subject to hydrolysis) is 1. The molecule has 0 spiro atoms. The number of carbonyl (C=O) groups excluding carboxylic acids is 2. The van der Waals surface area contributed by atoms with Crippen LogP contribution in [-0.2, 0) is 14.3 Å². The fourth-order valence-corrected chi connectivity index (χ4v) is 4.23. The Bertz CT molecular complexity index is 944. The molecule has 0 saturated heterocycles. The van der Waals surface area contributed by atoms with E-state index in [9.17, 15) is 19.5 Å². The van der Waals surface area contributed by atoms with Gasteiger partial charge < -0.3 is 20.1 Å². The zero-order valence-electron chi connectivity index (χ0n) is 18.7. The highest BCUT2D eigenvalue weighted by molar-refractivity contribution is 5.84. The van der Waals surface area contributed by atoms with Crippen molar-refractivity contribution in [2.75, 3.05) is 13.2 Å². The molecule has 3 rings (SSSR count). The maximum Gasteiger partial charge on any atom is 0.407 e. The highest BCUT2D eigenvalue weighted by atomic mass is 16.5. The van der Waals surface area contributed by atoms with Crippen LogP contribution in [0.25, 0.3) is 11.1 Å². The van der Waals surface area contributed by atoms with Gasteiger partial charge in [-0.1, -0.05) is 55.5 Å². The molecule has 2 N–H and O–H groups in total. The number of carboxylic acids is 1. The number of amides is 2. The van der Waals surface area contributed by atoms with E-state index in [1.165, 1.54) is 11.8 Å². The molecule has 2 amide bonds. The number of ether oxygens (including phenoxy) is 1. The SMILES string of the molecule is CC[C@H](CC(=O)N(CC)C(C)C(=O)O)NC(=O)OCC1c2ccccc2-c2ccccc21. The second kappa shape index (κ2) is 10.3. The van der Waals surface area contributed by atoms with E-state index in [0.29, 0.717) is 6.42 Å². The van der Waals surface area contributed by atoms with E-state index >= 15 is 0 Å². The highest BCUT2D eigenvalue weighted by Gasteiger charge is 2.30. The summed E-state index contributed by atoms with van der Waals surface area (Å²) in [7, 11) is 0. The number of hydrogen-bond acceptors (Lipinski definition) is 4. The predicted octanol–water partition coefficient (Wildman–Crippen LogP) is 4.02. The third kappa shape index (κ3) is 4.93. The molecule has 1 unspecified atom stereocenters. The molecular weight excluding hydrogens is 408 g/mol. The number of fused-ring (bicyclic) bond motifs is 3. The molecule has 2 aromatic carbocycles. The minimum atomic E-state index is -1.06. The van der Waals surface area contributed by atoms with E-state index in [1.54, 1.807) is 6.92 Å². The average Bonchev–Trinajstić information content (AvgIpc) is 3.11. The first-order valence-electron chi connectivity index (χ1n) is 11.0. The summed E-state index contributed by atoms with van der Waals surface area (Å²) in [6.45, 7) is 5.55. The number of likely N-dealkylation sites (N-methyl/N-ethyl adjacent to an activating group) is 1. The summed E-state index contributed by atoms with van der Waals surface area (Å²) >= 11 is 0. The molecule has 7 nitrogen and oxygen atoms in total. The van der Waals surface area contributed by atoms with Gasteiger partial charge in [0.2, 0.25) is 5.91 Å². The van der Waals surface area contributed by atoms with Crippen molar-refractivity contribution in [3.8, 4) is 11.1 Å². The Balaban J connectivity index is 1.60. The molecule has 0 fully saturated rings. The molecule has 0 aliphatic heterocycles. The molecule has 1 aliphatic rings. The minimum absolute atomic E-state index is 0.0200. The Labute approximate surface area is 188 Å². The molecule has 7 heteroatoms. The van der Waals surface area contributed by atoms with Gasteiger partial charge in [-0.25, -0.2) is 9.59 Å². The van der Waals surface area contributed by atoms with E-state index < -0.39 is 24.1 Å². The second-order valence-corrected chi connectivity index (χ2v) is 7.97. The second-order valence-electron chi connectivity index (χ2n) is 7.97. The molecule has 0 heterocycles. The number of aliphatic carboxylic acids is 1. The topological polar surface area (TPSA) is 95.9 Å². The van der Waals surface area contributed by atoms with Crippen LogP contribution in [0.4, 0.5) is 4.79 Å². The molecule has 0 bridgehead atoms. The Morgan fingerprint density at radius 3 is 2.09 bits per heavy atom. The number of carboxylic acid groups (broad SMARTS) is 1. The molecule has 2 aromatic rings. The normalized spacial score (nSPS) is 14.1. The maximum atomic E-state index is 12.6. The molecule has 2 atom stereocenters. The number of nitrogens with one attached hydrogen (secondary N) is 1. The lowest BCUT2D eigenvalue weighted by Crippen LogP contribution is -2.46. The van der Waals surface area contributed by atoms with Crippen LogP contribution in [0.5, 0.6) is 0 Å². The van der Waals surface area contributed by atoms with E-state index in [-0.39, 0.29) is 31.4 Å². The number of hydrogen-bond donors (Lipinski definition) is 2. The number of rotatable bonds is 9. The van der Waals surface area contributed by atoms with Crippen LogP contribution in [0, 0.1) is 0 Å². The largest absolute Gasteiger partial charge is 0.480 e. The molecule has 1 aliphatic carbocycles. The van der Waals surface area contributed by atoms with Gasteiger partial charge in [-0.15, -0.1) is 0 Å². The fraction of sp³-hybridized carbons (Fsp3) is 0.400. The lowest BCUT2D eigenvalue weighted by molar-refractivity contribution is -0.149. The van der Waals surface area contributed by atoms with Gasteiger partial charge in [0.15, 0.2) is 0 Å². The summed E-state index contributed by atoms with van der Waals surface area (Å²) in [5.74, 6) is -1.41. The zero-order chi connectivity index (χ0) is 23.3. The van der Waals surface area contributed by atoms with Crippen molar-refractivity contribution >= 4 is 18.0 Å². The lowest BCUT2D eigenvalue weighted by Gasteiger charge is -2.27. The van der Waals surface area contributed by atoms with Crippen LogP contribution in [0.3, 0.4) is 0 Å². The van der Waals surface area contributed by atoms with Crippen molar-refractivity contribution in [2.24, 2.45) is 0 Å². The Morgan fingerprint density at radius 2 is 1.59 bits per heavy atom. The summed E-state index contributed by atoms with van der Waals surface area (Å²) in [5.41, 5.74) is 4.57. The third-order valence-corrected chi connectivity index (χ3v) is 6.07. The third-order valence-electron chi connectivity index (χ3n) is 6.07. The summed E-state index contributed by atoms with van der Waals surface area (Å²) in [5, 5.41) is 12.0. The molecule has 170 valence electrons. The van der Waals surface area contributed by atoms with Gasteiger partial charge >= 0.3 is 12.1 Å². The summed E-state index contributed by atoms with van der Waals surface area (Å²) in [4.78, 5) is 37.6. The summed E-state index contributed by atoms with van der Waals surface area (Å²) in [6, 6.07) is 14.9. The number of nitrogens with zero attached hydrogens (tertiary/aromatic N) is 1. The number of carbonyl (C=O) groups is 3. The zero-order valence-corrected chi connectivity index (χ0v) is 18.7. The van der Waals surface area contributed by atoms with E-state index in [4.69, 9.17) is 4.74 Å². The van der Waals surface area contributed by atoms with E-state index in [2.05, 4.69) is 29.6 Å². The maximum absolute atomic E-state index is 12.6. The summed E-state index contributed by atoms with van der Waals surface area (Å²) in [6.07, 6.45) is -0.0398. The van der Waals surface area contributed by atoms with Crippen molar-refractivity contribution in [3.05, 3.63) is 59.7 Å². The summed E-state index contributed by atoms with van der Waals surface area (Å²) < 4.78 is 5.56. The Kier molecular flexibility index (Phi) is 7.51. The quantitative estimate of drug-likeness (QED) is 0.617. The van der Waals surface area contributed by atoms with Gasteiger partial charge in [0.05, 0.1) is 0 Å². The van der Waals surface area contributed by atoms with Gasteiger partial charge in [0, 0.05) is 24.9 Å². The first-order chi connectivity index (χ1) is 15.4. The minimum Gasteiger partial charge on any atom is -0.480 e. The fourth-order valence-electron chi connectivity index (χ4n) is 4.23. The lowest BCUT2D eigenvalue weighted by atomic mass is 9.98. The van der Waals surface area contributed by atoms with Gasteiger partial charge in [-0.3, -0.25) is 4.79 Å². The molecule has 32 heavy (non-hydrogen) atoms. The van der Waals surface area contributed by atoms with Gasteiger partial charge in [0.25, 0.3) is 0 Å². The van der Waals surface area contributed by atoms with Crippen LogP contribution in [0.1, 0.15) is 50.7 Å². The molecule has 0 radical (unpaired) electrons. The van der Waals surface area contributed by atoms with Crippen molar-refractivity contribution in [3.63, 3.8) is 0 Å². The predicted molar refractivity (Wildman–Crippen MR) is 121 cm³/mol. The van der Waals surface area contributed by atoms with Crippen LogP contribution in [0.15, 0.2) is 48.5 Å². The van der Waals surface area contributed by atoms with Crippen LogP contribution in [-0.4, -0.2) is 53.2 Å². The van der Waals surface area contributed by atoms with Crippen molar-refractivity contribution in [1.82, 2.24) is 10.2 Å². The van der Waals surface area contributed by atoms with Gasteiger partial charge in [0.1, 0.15) is 12.6 Å². The Hall–Kier alpha value is -3.35. The smallest absolute Gasteiger partial charge is 0.407 e. The average molecular weight is 439 g/mol. The van der Waals surface area contributed by atoms with E-state index in [1.807, 2.05) is 31.2 Å². The molecular formula is C25H30N2O5. The monoisotopic (exact) mass is 438 g/mol. The van der Waals surface area contributed by atoms with Gasteiger partial charge in [-0.05, 0) is 42.5 Å². The first-order valence-corrected chi connectivity index (χ1v) is 11.0. The number of benzene rings is 2. The van der Waals surface area contributed by atoms with Crippen molar-refractivity contribution < 1.29 is 24.2 Å². The van der Waals surface area contributed by atoms with Crippen LogP contribution in [0.2, 0.25) is 0 Å². The molecule has 0 aromatic heterocycles. The Morgan fingerprint density at radius 1 is 1.03 bits per heavy atom. The van der Waals surface area contributed by atoms with Crippen LogP contribution < -0.4 is 5.32 Å². The van der Waals surface area contributed by atoms with E-state index in [0.717, 1.165) is 22.3 Å². The molecule has 0 saturated carbocycles. The van der Waals surface area contributed by atoms with Crippen molar-refractivity contribution in [1.29, 1.82) is 0 Å². The highest BCUT2D eigenvalue weighted by Crippen LogP contribution is 2.44. The van der Waals surface area contributed by atoms with Gasteiger partial charge in [-0.2, -0.15) is 0 Å².